The second kappa shape index (κ2) is 15.0. The van der Waals surface area contributed by atoms with E-state index in [0.717, 1.165) is 18.5 Å². The van der Waals surface area contributed by atoms with Crippen LogP contribution in [0, 0.1) is 0 Å². The minimum atomic E-state index is -0.146. The molecule has 6 nitrogen and oxygen atoms in total. The summed E-state index contributed by atoms with van der Waals surface area (Å²) < 4.78 is 7.02. The number of ether oxygens (including phenoxy) is 1. The number of carbonyl (C=O) groups excluding carboxylic acids is 1. The number of esters is 1. The van der Waals surface area contributed by atoms with E-state index >= 15 is 0 Å². The van der Waals surface area contributed by atoms with E-state index in [4.69, 9.17) is 4.74 Å². The molecule has 0 N–H and O–H groups in total. The van der Waals surface area contributed by atoms with Crippen molar-refractivity contribution < 1.29 is 9.53 Å². The quantitative estimate of drug-likeness (QED) is 0.200. The van der Waals surface area contributed by atoms with Crippen molar-refractivity contribution in [1.82, 2.24) is 20.2 Å². The van der Waals surface area contributed by atoms with Gasteiger partial charge in [0.2, 0.25) is 5.16 Å². The number of unbranched alkanes of at least 4 members (excludes halogenated alkanes) is 9. The standard InChI is InChI=1S/C22H34N4O2S/c1-2-3-4-5-6-7-8-9-10-14-18-28-21(27)17-19-29-22-23-24-25-26(22)20-15-12-11-13-16-20/h11-13,15-16H,2-10,14,17-19H2,1H3. The summed E-state index contributed by atoms with van der Waals surface area (Å²) in [6.07, 6.45) is 13.1. The van der Waals surface area contributed by atoms with Crippen molar-refractivity contribution in [2.45, 2.75) is 82.7 Å². The second-order valence-electron chi connectivity index (χ2n) is 7.21. The molecule has 0 saturated heterocycles. The van der Waals surface area contributed by atoms with Crippen molar-refractivity contribution in [3.63, 3.8) is 0 Å². The Morgan fingerprint density at radius 3 is 2.31 bits per heavy atom. The number of thioether (sulfide) groups is 1. The summed E-state index contributed by atoms with van der Waals surface area (Å²) >= 11 is 1.46. The smallest absolute Gasteiger partial charge is 0.306 e. The molecule has 1 aromatic heterocycles. The Balaban J connectivity index is 1.47. The molecule has 0 saturated carbocycles. The Kier molecular flexibility index (Phi) is 12.1. The van der Waals surface area contributed by atoms with Gasteiger partial charge in [0, 0.05) is 5.75 Å². The third-order valence-corrected chi connectivity index (χ3v) is 5.66. The highest BCUT2D eigenvalue weighted by Gasteiger charge is 2.10. The normalized spacial score (nSPS) is 10.9. The highest BCUT2D eigenvalue weighted by atomic mass is 32.2. The third-order valence-electron chi connectivity index (χ3n) is 4.74. The van der Waals surface area contributed by atoms with Gasteiger partial charge in [-0.15, -0.1) is 5.10 Å². The maximum absolute atomic E-state index is 11.9. The van der Waals surface area contributed by atoms with E-state index < -0.39 is 0 Å². The Labute approximate surface area is 178 Å². The molecule has 2 aromatic rings. The van der Waals surface area contributed by atoms with Gasteiger partial charge in [0.1, 0.15) is 0 Å². The van der Waals surface area contributed by atoms with Gasteiger partial charge in [-0.25, -0.2) is 0 Å². The van der Waals surface area contributed by atoms with Crippen LogP contribution in [0.15, 0.2) is 35.5 Å². The molecule has 29 heavy (non-hydrogen) atoms. The first-order valence-corrected chi connectivity index (χ1v) is 11.9. The molecule has 0 bridgehead atoms. The fraction of sp³-hybridized carbons (Fsp3) is 0.636. The summed E-state index contributed by atoms with van der Waals surface area (Å²) in [5.74, 6) is 0.455. The van der Waals surface area contributed by atoms with Gasteiger partial charge in [-0.05, 0) is 29.0 Å². The molecule has 7 heteroatoms. The Morgan fingerprint density at radius 2 is 1.62 bits per heavy atom. The Bertz CT molecular complexity index is 678. The molecule has 2 rings (SSSR count). The zero-order valence-electron chi connectivity index (χ0n) is 17.6. The molecule has 160 valence electrons. The lowest BCUT2D eigenvalue weighted by atomic mass is 10.1. The van der Waals surface area contributed by atoms with Crippen LogP contribution in [0.25, 0.3) is 5.69 Å². The molecule has 0 spiro atoms. The first-order chi connectivity index (χ1) is 14.3. The summed E-state index contributed by atoms with van der Waals surface area (Å²) in [7, 11) is 0. The molecule has 0 atom stereocenters. The van der Waals surface area contributed by atoms with E-state index in [1.807, 2.05) is 30.3 Å². The van der Waals surface area contributed by atoms with Crippen LogP contribution in [0.4, 0.5) is 0 Å². The van der Waals surface area contributed by atoms with Crippen molar-refractivity contribution in [3.8, 4) is 5.69 Å². The van der Waals surface area contributed by atoms with Crippen molar-refractivity contribution in [1.29, 1.82) is 0 Å². The van der Waals surface area contributed by atoms with Gasteiger partial charge in [-0.3, -0.25) is 4.79 Å². The van der Waals surface area contributed by atoms with Crippen molar-refractivity contribution in [2.75, 3.05) is 12.4 Å². The van der Waals surface area contributed by atoms with E-state index in [9.17, 15) is 4.79 Å². The summed E-state index contributed by atoms with van der Waals surface area (Å²) in [6, 6.07) is 9.72. The number of hydrogen-bond acceptors (Lipinski definition) is 6. The van der Waals surface area contributed by atoms with Gasteiger partial charge < -0.3 is 4.74 Å². The fourth-order valence-electron chi connectivity index (χ4n) is 3.07. The third kappa shape index (κ3) is 9.92. The lowest BCUT2D eigenvalue weighted by Crippen LogP contribution is -2.07. The first kappa shape index (κ1) is 23.4. The number of aromatic nitrogens is 4. The Morgan fingerprint density at radius 1 is 0.966 bits per heavy atom. The van der Waals surface area contributed by atoms with E-state index in [0.29, 0.717) is 23.9 Å². The van der Waals surface area contributed by atoms with Crippen LogP contribution in [-0.4, -0.2) is 38.5 Å². The SMILES string of the molecule is CCCCCCCCCCCCOC(=O)CCSc1nnnn1-c1ccccc1. The van der Waals surface area contributed by atoms with Gasteiger partial charge in [-0.2, -0.15) is 4.68 Å². The van der Waals surface area contributed by atoms with Crippen LogP contribution in [-0.2, 0) is 9.53 Å². The number of carbonyl (C=O) groups is 1. The molecule has 0 aliphatic carbocycles. The fourth-order valence-corrected chi connectivity index (χ4v) is 3.88. The van der Waals surface area contributed by atoms with Gasteiger partial charge >= 0.3 is 5.97 Å². The topological polar surface area (TPSA) is 69.9 Å². The monoisotopic (exact) mass is 418 g/mol. The number of rotatable bonds is 16. The number of hydrogen-bond donors (Lipinski definition) is 0. The maximum Gasteiger partial charge on any atom is 0.306 e. The van der Waals surface area contributed by atoms with Crippen LogP contribution < -0.4 is 0 Å². The molecule has 1 aromatic carbocycles. The van der Waals surface area contributed by atoms with Crippen molar-refractivity contribution in [2.24, 2.45) is 0 Å². The molecule has 0 aliphatic heterocycles. The predicted molar refractivity (Wildman–Crippen MR) is 117 cm³/mol. The van der Waals surface area contributed by atoms with E-state index in [1.54, 1.807) is 4.68 Å². The van der Waals surface area contributed by atoms with Crippen LogP contribution in [0.1, 0.15) is 77.6 Å². The molecular formula is C22H34N4O2S. The summed E-state index contributed by atoms with van der Waals surface area (Å²) in [4.78, 5) is 11.9. The Hall–Kier alpha value is -1.89. The lowest BCUT2D eigenvalue weighted by molar-refractivity contribution is -0.143. The molecule has 0 fully saturated rings. The van der Waals surface area contributed by atoms with Gasteiger partial charge in [-0.1, -0.05) is 94.7 Å². The number of tetrazole rings is 1. The summed E-state index contributed by atoms with van der Waals surface area (Å²) in [5.41, 5.74) is 0.906. The van der Waals surface area contributed by atoms with E-state index in [1.165, 1.54) is 63.1 Å². The molecule has 0 amide bonds. The first-order valence-electron chi connectivity index (χ1n) is 10.9. The lowest BCUT2D eigenvalue weighted by Gasteiger charge is -2.06. The zero-order valence-corrected chi connectivity index (χ0v) is 18.4. The van der Waals surface area contributed by atoms with Crippen LogP contribution >= 0.6 is 11.8 Å². The average Bonchev–Trinajstić information content (AvgIpc) is 3.21. The number of nitrogens with zero attached hydrogens (tertiary/aromatic N) is 4. The number of benzene rings is 1. The molecule has 0 aliphatic rings. The summed E-state index contributed by atoms with van der Waals surface area (Å²) in [5, 5.41) is 12.5. The minimum absolute atomic E-state index is 0.146. The van der Waals surface area contributed by atoms with Crippen LogP contribution in [0.5, 0.6) is 0 Å². The van der Waals surface area contributed by atoms with Gasteiger partial charge in [0.15, 0.2) is 0 Å². The molecule has 0 unspecified atom stereocenters. The highest BCUT2D eigenvalue weighted by Crippen LogP contribution is 2.18. The average molecular weight is 419 g/mol. The second-order valence-corrected chi connectivity index (χ2v) is 8.27. The van der Waals surface area contributed by atoms with Crippen molar-refractivity contribution in [3.05, 3.63) is 30.3 Å². The zero-order chi connectivity index (χ0) is 20.6. The van der Waals surface area contributed by atoms with Gasteiger partial charge in [0.25, 0.3) is 0 Å². The van der Waals surface area contributed by atoms with Crippen LogP contribution in [0.2, 0.25) is 0 Å². The molecular weight excluding hydrogens is 384 g/mol. The molecule has 0 radical (unpaired) electrons. The van der Waals surface area contributed by atoms with E-state index in [-0.39, 0.29) is 5.97 Å². The highest BCUT2D eigenvalue weighted by molar-refractivity contribution is 7.99. The predicted octanol–water partition coefficient (Wildman–Crippen LogP) is 5.61. The van der Waals surface area contributed by atoms with E-state index in [2.05, 4.69) is 22.4 Å². The summed E-state index contributed by atoms with van der Waals surface area (Å²) in [6.45, 7) is 2.78. The van der Waals surface area contributed by atoms with Crippen LogP contribution in [0.3, 0.4) is 0 Å². The maximum atomic E-state index is 11.9. The van der Waals surface area contributed by atoms with Crippen molar-refractivity contribution >= 4 is 17.7 Å². The largest absolute Gasteiger partial charge is 0.466 e. The molecule has 1 heterocycles. The van der Waals surface area contributed by atoms with Gasteiger partial charge in [0.05, 0.1) is 18.7 Å². The minimum Gasteiger partial charge on any atom is -0.466 e. The number of para-hydroxylation sites is 1.